The summed E-state index contributed by atoms with van der Waals surface area (Å²) in [6.07, 6.45) is 0.826. The molecule has 0 saturated heterocycles. The molecule has 0 spiro atoms. The number of carbonyl (C=O) groups excluding carboxylic acids is 1. The molecule has 4 heteroatoms. The molecule has 0 amide bonds. The standard InChI is InChI=1S/C14H20N2OS/c1-10(2)12-6-5-11(3)9-13(12)16(4)14(15)18-8-7-17/h5-7,9-10,15H,8H2,1-4H3. The molecule has 98 valence electrons. The highest BCUT2D eigenvalue weighted by molar-refractivity contribution is 8.14. The summed E-state index contributed by atoms with van der Waals surface area (Å²) in [6.45, 7) is 6.33. The van der Waals surface area contributed by atoms with Gasteiger partial charge in [-0.2, -0.15) is 0 Å². The molecule has 1 aromatic carbocycles. The van der Waals surface area contributed by atoms with Crippen LogP contribution in [0.1, 0.15) is 30.9 Å². The Labute approximate surface area is 113 Å². The number of anilines is 1. The number of hydrogen-bond donors (Lipinski definition) is 1. The fourth-order valence-corrected chi connectivity index (χ4v) is 2.27. The first-order valence-electron chi connectivity index (χ1n) is 5.96. The van der Waals surface area contributed by atoms with Crippen LogP contribution >= 0.6 is 11.8 Å². The number of carbonyl (C=O) groups is 1. The van der Waals surface area contributed by atoms with Crippen LogP contribution in [-0.2, 0) is 4.79 Å². The average molecular weight is 264 g/mol. The van der Waals surface area contributed by atoms with E-state index < -0.39 is 0 Å². The number of hydrogen-bond acceptors (Lipinski definition) is 3. The molecule has 0 aliphatic heterocycles. The van der Waals surface area contributed by atoms with E-state index in [0.717, 1.165) is 12.0 Å². The van der Waals surface area contributed by atoms with Crippen molar-refractivity contribution < 1.29 is 4.79 Å². The van der Waals surface area contributed by atoms with E-state index in [0.29, 0.717) is 16.8 Å². The van der Waals surface area contributed by atoms with Gasteiger partial charge in [-0.3, -0.25) is 5.41 Å². The quantitative estimate of drug-likeness (QED) is 0.515. The number of aldehydes is 1. The third-order valence-corrected chi connectivity index (χ3v) is 3.61. The van der Waals surface area contributed by atoms with Crippen LogP contribution in [0.25, 0.3) is 0 Å². The molecular formula is C14H20N2OS. The van der Waals surface area contributed by atoms with Gasteiger partial charge in [0.2, 0.25) is 0 Å². The van der Waals surface area contributed by atoms with Crippen molar-refractivity contribution in [2.45, 2.75) is 26.7 Å². The lowest BCUT2D eigenvalue weighted by atomic mass is 9.99. The summed E-state index contributed by atoms with van der Waals surface area (Å²) in [7, 11) is 1.88. The van der Waals surface area contributed by atoms with Crippen molar-refractivity contribution in [2.75, 3.05) is 17.7 Å². The number of thioether (sulfide) groups is 1. The molecule has 1 aromatic rings. The topological polar surface area (TPSA) is 44.2 Å². The third kappa shape index (κ3) is 3.60. The maximum Gasteiger partial charge on any atom is 0.161 e. The van der Waals surface area contributed by atoms with Crippen molar-refractivity contribution in [1.29, 1.82) is 5.41 Å². The minimum atomic E-state index is 0.325. The van der Waals surface area contributed by atoms with Crippen molar-refractivity contribution in [3.8, 4) is 0 Å². The van der Waals surface area contributed by atoms with Crippen LogP contribution < -0.4 is 4.90 Å². The fraction of sp³-hybridized carbons (Fsp3) is 0.429. The van der Waals surface area contributed by atoms with E-state index in [1.807, 2.05) is 18.9 Å². The molecule has 3 nitrogen and oxygen atoms in total. The number of rotatable bonds is 4. The zero-order valence-electron chi connectivity index (χ0n) is 11.4. The second-order valence-electron chi connectivity index (χ2n) is 4.56. The molecule has 1 rings (SSSR count). The first-order chi connectivity index (χ1) is 8.47. The molecule has 18 heavy (non-hydrogen) atoms. The van der Waals surface area contributed by atoms with Crippen molar-refractivity contribution in [1.82, 2.24) is 0 Å². The van der Waals surface area contributed by atoms with Gasteiger partial charge in [0.25, 0.3) is 0 Å². The molecule has 0 fully saturated rings. The highest BCUT2D eigenvalue weighted by Gasteiger charge is 2.14. The Bertz CT molecular complexity index is 443. The van der Waals surface area contributed by atoms with Gasteiger partial charge in [-0.05, 0) is 30.0 Å². The number of benzene rings is 1. The van der Waals surface area contributed by atoms with Crippen LogP contribution in [-0.4, -0.2) is 24.3 Å². The average Bonchev–Trinajstić information content (AvgIpc) is 2.34. The highest BCUT2D eigenvalue weighted by atomic mass is 32.2. The van der Waals surface area contributed by atoms with E-state index in [1.54, 1.807) is 0 Å². The molecule has 0 bridgehead atoms. The SMILES string of the molecule is Cc1ccc(C(C)C)c(N(C)C(=N)SCC=O)c1. The van der Waals surface area contributed by atoms with Gasteiger partial charge in [0.05, 0.1) is 5.75 Å². The van der Waals surface area contributed by atoms with Gasteiger partial charge in [-0.15, -0.1) is 0 Å². The number of nitrogens with zero attached hydrogens (tertiary/aromatic N) is 1. The normalized spacial score (nSPS) is 10.5. The van der Waals surface area contributed by atoms with Crippen LogP contribution in [0.15, 0.2) is 18.2 Å². The zero-order chi connectivity index (χ0) is 13.7. The van der Waals surface area contributed by atoms with Crippen molar-refractivity contribution in [2.24, 2.45) is 0 Å². The van der Waals surface area contributed by atoms with Gasteiger partial charge in [-0.25, -0.2) is 0 Å². The van der Waals surface area contributed by atoms with Crippen molar-refractivity contribution in [3.05, 3.63) is 29.3 Å². The van der Waals surface area contributed by atoms with Crippen LogP contribution in [0.2, 0.25) is 0 Å². The molecule has 0 unspecified atom stereocenters. The Balaban J connectivity index is 3.02. The predicted molar refractivity (Wildman–Crippen MR) is 79.9 cm³/mol. The van der Waals surface area contributed by atoms with E-state index in [2.05, 4.69) is 32.0 Å². The van der Waals surface area contributed by atoms with Crippen molar-refractivity contribution in [3.63, 3.8) is 0 Å². The van der Waals surface area contributed by atoms with E-state index >= 15 is 0 Å². The summed E-state index contributed by atoms with van der Waals surface area (Å²) in [5.41, 5.74) is 3.45. The molecule has 0 aliphatic carbocycles. The van der Waals surface area contributed by atoms with Gasteiger partial charge >= 0.3 is 0 Å². The van der Waals surface area contributed by atoms with E-state index in [9.17, 15) is 4.79 Å². The first-order valence-corrected chi connectivity index (χ1v) is 6.95. The van der Waals surface area contributed by atoms with E-state index in [-0.39, 0.29) is 0 Å². The first kappa shape index (κ1) is 14.8. The predicted octanol–water partition coefficient (Wildman–Crippen LogP) is 3.42. The minimum absolute atomic E-state index is 0.325. The Kier molecular flexibility index (Phi) is 5.41. The molecule has 0 radical (unpaired) electrons. The second-order valence-corrected chi connectivity index (χ2v) is 5.57. The lowest BCUT2D eigenvalue weighted by Crippen LogP contribution is -2.24. The van der Waals surface area contributed by atoms with Gasteiger partial charge in [-0.1, -0.05) is 37.7 Å². The van der Waals surface area contributed by atoms with Gasteiger partial charge in [0.1, 0.15) is 6.29 Å². The molecule has 0 heterocycles. The lowest BCUT2D eigenvalue weighted by molar-refractivity contribution is -0.105. The largest absolute Gasteiger partial charge is 0.324 e. The van der Waals surface area contributed by atoms with E-state index in [1.165, 1.54) is 22.9 Å². The summed E-state index contributed by atoms with van der Waals surface area (Å²) >= 11 is 1.25. The highest BCUT2D eigenvalue weighted by Crippen LogP contribution is 2.29. The van der Waals surface area contributed by atoms with Crippen LogP contribution in [0.5, 0.6) is 0 Å². The Hall–Kier alpha value is -1.29. The number of nitrogens with one attached hydrogen (secondary N) is 1. The Morgan fingerprint density at radius 1 is 1.50 bits per heavy atom. The molecule has 1 N–H and O–H groups in total. The molecule has 0 aliphatic rings. The molecular weight excluding hydrogens is 244 g/mol. The van der Waals surface area contributed by atoms with Crippen LogP contribution in [0, 0.1) is 12.3 Å². The van der Waals surface area contributed by atoms with Gasteiger partial charge in [0.15, 0.2) is 5.17 Å². The van der Waals surface area contributed by atoms with Gasteiger partial charge in [0, 0.05) is 12.7 Å². The van der Waals surface area contributed by atoms with Crippen molar-refractivity contribution >= 4 is 28.9 Å². The summed E-state index contributed by atoms with van der Waals surface area (Å²) < 4.78 is 0. The summed E-state index contributed by atoms with van der Waals surface area (Å²) in [5, 5.41) is 8.37. The maximum atomic E-state index is 10.4. The van der Waals surface area contributed by atoms with Crippen LogP contribution in [0.3, 0.4) is 0 Å². The van der Waals surface area contributed by atoms with Crippen LogP contribution in [0.4, 0.5) is 5.69 Å². The Morgan fingerprint density at radius 2 is 2.17 bits per heavy atom. The summed E-state index contributed by atoms with van der Waals surface area (Å²) in [4.78, 5) is 12.2. The molecule has 0 saturated carbocycles. The summed E-state index contributed by atoms with van der Waals surface area (Å²) in [5.74, 6) is 0.735. The number of amidine groups is 1. The lowest BCUT2D eigenvalue weighted by Gasteiger charge is -2.24. The second kappa shape index (κ2) is 6.59. The third-order valence-electron chi connectivity index (χ3n) is 2.76. The smallest absolute Gasteiger partial charge is 0.161 e. The zero-order valence-corrected chi connectivity index (χ0v) is 12.2. The molecule has 0 aromatic heterocycles. The number of aryl methyl sites for hydroxylation is 1. The summed E-state index contributed by atoms with van der Waals surface area (Å²) in [6, 6.07) is 6.30. The monoisotopic (exact) mass is 264 g/mol. The fourth-order valence-electron chi connectivity index (χ4n) is 1.75. The Morgan fingerprint density at radius 3 is 2.72 bits per heavy atom. The van der Waals surface area contributed by atoms with E-state index in [4.69, 9.17) is 5.41 Å². The minimum Gasteiger partial charge on any atom is -0.324 e. The molecule has 0 atom stereocenters. The van der Waals surface area contributed by atoms with Gasteiger partial charge < -0.3 is 9.69 Å². The maximum absolute atomic E-state index is 10.4.